The SMILES string of the molecule is CC.CC(=O)N(C)CCOCCOCCOCCOCCOCCC(=O)N1CCN(CC2CCN(C)CC2)CC1.CC(=O)N1CCN(CC2CCN(C)CC2)CC1.CCCC(=O)N1CCN(CC2CCN(C)CC2)CC1. The molecule has 0 N–H and O–H groups in total. The van der Waals surface area contributed by atoms with E-state index in [1.807, 2.05) is 23.6 Å². The molecular weight excluding hydrogens is 969 g/mol. The summed E-state index contributed by atoms with van der Waals surface area (Å²) in [5.74, 6) is 3.34. The lowest BCUT2D eigenvalue weighted by molar-refractivity contribution is -0.134. The van der Waals surface area contributed by atoms with E-state index in [0.29, 0.717) is 84.9 Å². The van der Waals surface area contributed by atoms with Crippen molar-refractivity contribution < 1.29 is 42.9 Å². The fourth-order valence-electron chi connectivity index (χ4n) is 10.5. The van der Waals surface area contributed by atoms with Gasteiger partial charge in [0, 0.05) is 132 Å². The molecule has 444 valence electrons. The summed E-state index contributed by atoms with van der Waals surface area (Å²) in [5.41, 5.74) is 0. The lowest BCUT2D eigenvalue weighted by Crippen LogP contribution is -2.50. The normalized spacial score (nSPS) is 20.5. The summed E-state index contributed by atoms with van der Waals surface area (Å²) in [6, 6.07) is 0. The number of rotatable bonds is 26. The van der Waals surface area contributed by atoms with Crippen molar-refractivity contribution in [1.29, 1.82) is 0 Å². The largest absolute Gasteiger partial charge is 0.379 e. The Balaban J connectivity index is 0.000000331. The minimum absolute atomic E-state index is 0.0308. The van der Waals surface area contributed by atoms with Gasteiger partial charge < -0.3 is 58.0 Å². The molecule has 0 aromatic carbocycles. The Morgan fingerprint density at radius 2 is 0.697 bits per heavy atom. The van der Waals surface area contributed by atoms with Crippen LogP contribution in [0.3, 0.4) is 0 Å². The highest BCUT2D eigenvalue weighted by Crippen LogP contribution is 2.21. The lowest BCUT2D eigenvalue weighted by atomic mass is 9.96. The number of piperidine rings is 3. The van der Waals surface area contributed by atoms with Crippen molar-refractivity contribution in [2.75, 3.05) is 238 Å². The fourth-order valence-corrected chi connectivity index (χ4v) is 10.5. The van der Waals surface area contributed by atoms with Gasteiger partial charge in [-0.1, -0.05) is 20.8 Å². The summed E-state index contributed by atoms with van der Waals surface area (Å²) in [6.45, 7) is 37.4. The van der Waals surface area contributed by atoms with Crippen LogP contribution >= 0.6 is 0 Å². The molecule has 6 fully saturated rings. The van der Waals surface area contributed by atoms with Gasteiger partial charge in [0.1, 0.15) is 0 Å². The number of carbonyl (C=O) groups excluding carboxylic acids is 4. The molecule has 0 radical (unpaired) electrons. The van der Waals surface area contributed by atoms with Crippen molar-refractivity contribution >= 4 is 23.6 Å². The first-order valence-electron chi connectivity index (χ1n) is 29.9. The van der Waals surface area contributed by atoms with Crippen LogP contribution in [0.5, 0.6) is 0 Å². The summed E-state index contributed by atoms with van der Waals surface area (Å²) >= 11 is 0. The summed E-state index contributed by atoms with van der Waals surface area (Å²) in [5, 5.41) is 0. The van der Waals surface area contributed by atoms with Gasteiger partial charge in [-0.3, -0.25) is 33.9 Å². The van der Waals surface area contributed by atoms with Crippen molar-refractivity contribution in [3.8, 4) is 0 Å². The number of carbonyl (C=O) groups is 4. The molecule has 0 atom stereocenters. The Labute approximate surface area is 462 Å². The van der Waals surface area contributed by atoms with Crippen molar-refractivity contribution in [2.45, 2.75) is 92.4 Å². The second-order valence-electron chi connectivity index (χ2n) is 21.9. The van der Waals surface area contributed by atoms with Crippen LogP contribution in [0, 0.1) is 17.8 Å². The average Bonchev–Trinajstić information content (AvgIpc) is 3.43. The number of ether oxygens (including phenoxy) is 5. The van der Waals surface area contributed by atoms with Gasteiger partial charge in [0.2, 0.25) is 23.6 Å². The summed E-state index contributed by atoms with van der Waals surface area (Å²) in [4.78, 5) is 69.1. The van der Waals surface area contributed by atoms with E-state index in [4.69, 9.17) is 23.7 Å². The number of likely N-dealkylation sites (N-methyl/N-ethyl adjacent to an activating group) is 1. The Hall–Kier alpha value is -2.56. The highest BCUT2D eigenvalue weighted by Gasteiger charge is 2.27. The second-order valence-corrected chi connectivity index (χ2v) is 21.9. The van der Waals surface area contributed by atoms with Crippen LogP contribution < -0.4 is 0 Å². The Morgan fingerprint density at radius 3 is 1.00 bits per heavy atom. The number of piperazine rings is 3. The van der Waals surface area contributed by atoms with Gasteiger partial charge in [-0.15, -0.1) is 0 Å². The molecule has 19 heteroatoms. The highest BCUT2D eigenvalue weighted by molar-refractivity contribution is 5.76. The third-order valence-corrected chi connectivity index (χ3v) is 15.9. The molecule has 6 saturated heterocycles. The quantitative estimate of drug-likeness (QED) is 0.117. The molecule has 0 aromatic rings. The van der Waals surface area contributed by atoms with E-state index in [2.05, 4.69) is 62.4 Å². The molecule has 19 nitrogen and oxygen atoms in total. The predicted molar refractivity (Wildman–Crippen MR) is 304 cm³/mol. The zero-order chi connectivity index (χ0) is 55.3. The highest BCUT2D eigenvalue weighted by atomic mass is 16.6. The van der Waals surface area contributed by atoms with Crippen LogP contribution in [-0.2, 0) is 42.9 Å². The van der Waals surface area contributed by atoms with Gasteiger partial charge in [-0.2, -0.15) is 0 Å². The number of likely N-dealkylation sites (tertiary alicyclic amines) is 3. The number of hydrogen-bond donors (Lipinski definition) is 0. The third-order valence-electron chi connectivity index (χ3n) is 15.9. The molecule has 6 heterocycles. The molecule has 0 aromatic heterocycles. The van der Waals surface area contributed by atoms with E-state index in [1.54, 1.807) is 18.9 Å². The Kier molecular flexibility index (Phi) is 36.9. The van der Waals surface area contributed by atoms with Crippen molar-refractivity contribution in [3.05, 3.63) is 0 Å². The molecule has 4 amide bonds. The van der Waals surface area contributed by atoms with E-state index in [-0.39, 0.29) is 17.7 Å². The van der Waals surface area contributed by atoms with Crippen molar-refractivity contribution in [1.82, 2.24) is 49.0 Å². The van der Waals surface area contributed by atoms with Gasteiger partial charge >= 0.3 is 0 Å². The van der Waals surface area contributed by atoms with Gasteiger partial charge in [-0.25, -0.2) is 0 Å². The standard InChI is InChI=1S/C27H52N4O7.C15H29N3O.C13H25N3O.C2H6/c1-25(32)29(3)13-15-35-17-19-37-21-23-38-22-20-36-18-16-34-14-6-27(33)31-11-9-30(10-12-31)24-26-4-7-28(2)8-5-26;1-3-4-15(19)18-11-9-17(10-12-18)13-14-5-7-16(2)8-6-14;1-12(17)16-9-7-15(8-10-16)11-13-3-5-14(2)6-4-13;1-2/h26H,4-24H2,1-3H3;14H,3-13H2,1-2H3;13H,3-11H2,1-2H3;1-2H3. The van der Waals surface area contributed by atoms with Gasteiger partial charge in [-0.05, 0) is 123 Å². The molecule has 6 aliphatic heterocycles. The first kappa shape index (κ1) is 67.7. The molecule has 0 aliphatic carbocycles. The predicted octanol–water partition coefficient (Wildman–Crippen LogP) is 3.21. The minimum atomic E-state index is 0.0308. The molecular formula is C57H112N10O9. The van der Waals surface area contributed by atoms with Crippen LogP contribution in [0.15, 0.2) is 0 Å². The molecule has 0 spiro atoms. The van der Waals surface area contributed by atoms with Gasteiger partial charge in [0.05, 0.1) is 72.5 Å². The average molecular weight is 1080 g/mol. The molecule has 0 saturated carbocycles. The number of hydrogen-bond acceptors (Lipinski definition) is 15. The number of nitrogens with zero attached hydrogens (tertiary/aromatic N) is 10. The maximum absolute atomic E-state index is 12.5. The van der Waals surface area contributed by atoms with E-state index < -0.39 is 0 Å². The van der Waals surface area contributed by atoms with Gasteiger partial charge in [0.25, 0.3) is 0 Å². The van der Waals surface area contributed by atoms with Crippen molar-refractivity contribution in [2.24, 2.45) is 17.8 Å². The first-order chi connectivity index (χ1) is 36.8. The number of amides is 4. The molecule has 6 rings (SSSR count). The van der Waals surface area contributed by atoms with Crippen LogP contribution in [0.1, 0.15) is 92.4 Å². The molecule has 76 heavy (non-hydrogen) atoms. The zero-order valence-corrected chi connectivity index (χ0v) is 49.9. The maximum Gasteiger partial charge on any atom is 0.224 e. The monoisotopic (exact) mass is 1080 g/mol. The van der Waals surface area contributed by atoms with Crippen LogP contribution in [0.25, 0.3) is 0 Å². The summed E-state index contributed by atoms with van der Waals surface area (Å²) in [6.07, 6.45) is 10.0. The smallest absolute Gasteiger partial charge is 0.224 e. The van der Waals surface area contributed by atoms with E-state index >= 15 is 0 Å². The van der Waals surface area contributed by atoms with E-state index in [9.17, 15) is 19.2 Å². The second kappa shape index (κ2) is 41.5. The fraction of sp³-hybridized carbons (Fsp3) is 0.930. The van der Waals surface area contributed by atoms with E-state index in [1.165, 1.54) is 104 Å². The van der Waals surface area contributed by atoms with Crippen LogP contribution in [0.4, 0.5) is 0 Å². The third kappa shape index (κ3) is 30.1. The maximum atomic E-state index is 12.5. The first-order valence-corrected chi connectivity index (χ1v) is 29.9. The Bertz CT molecular complexity index is 1490. The van der Waals surface area contributed by atoms with Crippen LogP contribution in [0.2, 0.25) is 0 Å². The summed E-state index contributed by atoms with van der Waals surface area (Å²) in [7, 11) is 8.38. The topological polar surface area (TPSA) is 147 Å². The van der Waals surface area contributed by atoms with Gasteiger partial charge in [0.15, 0.2) is 0 Å². The minimum Gasteiger partial charge on any atom is -0.379 e. The zero-order valence-electron chi connectivity index (χ0n) is 49.9. The van der Waals surface area contributed by atoms with E-state index in [0.717, 1.165) is 109 Å². The van der Waals surface area contributed by atoms with Crippen LogP contribution in [-0.4, -0.2) is 311 Å². The van der Waals surface area contributed by atoms with Crippen molar-refractivity contribution in [3.63, 3.8) is 0 Å². The summed E-state index contributed by atoms with van der Waals surface area (Å²) < 4.78 is 27.4. The lowest BCUT2D eigenvalue weighted by Gasteiger charge is -2.38. The molecule has 0 unspecified atom stereocenters. The molecule has 6 aliphatic rings. The molecule has 0 bridgehead atoms. The Morgan fingerprint density at radius 1 is 0.408 bits per heavy atom.